The van der Waals surface area contributed by atoms with Gasteiger partial charge in [-0.2, -0.15) is 13.2 Å². The van der Waals surface area contributed by atoms with E-state index < -0.39 is 50.7 Å². The molecule has 0 aromatic heterocycles. The van der Waals surface area contributed by atoms with Gasteiger partial charge in [0.1, 0.15) is 11.3 Å². The summed E-state index contributed by atoms with van der Waals surface area (Å²) < 4.78 is 66.0. The first-order valence-electron chi connectivity index (χ1n) is 8.58. The van der Waals surface area contributed by atoms with Crippen LogP contribution in [0.4, 0.5) is 18.9 Å². The summed E-state index contributed by atoms with van der Waals surface area (Å²) in [5.74, 6) is -1.53. The standard InChI is InChI=1S/C18H15F3N2O6S/c19-18(20,21)10-29-11-5-6-15(23(25)26)13(9-11)17(24)22-14-7-8-30(27,28)16-4-2-1-3-12(14)16/h1-6,9,14H,7-8,10H2,(H,22,24). The summed E-state index contributed by atoms with van der Waals surface area (Å²) in [5, 5.41) is 13.8. The molecule has 0 fully saturated rings. The van der Waals surface area contributed by atoms with E-state index in [1.54, 1.807) is 6.07 Å². The first kappa shape index (κ1) is 21.6. The summed E-state index contributed by atoms with van der Waals surface area (Å²) in [6.45, 7) is -1.63. The van der Waals surface area contributed by atoms with E-state index >= 15 is 0 Å². The number of nitrogens with one attached hydrogen (secondary N) is 1. The molecule has 160 valence electrons. The molecule has 2 aromatic rings. The van der Waals surface area contributed by atoms with Crippen molar-refractivity contribution < 1.29 is 36.0 Å². The Morgan fingerprint density at radius 3 is 2.60 bits per heavy atom. The van der Waals surface area contributed by atoms with Crippen molar-refractivity contribution in [2.45, 2.75) is 23.5 Å². The molecule has 0 spiro atoms. The van der Waals surface area contributed by atoms with Crippen LogP contribution in [0.1, 0.15) is 28.4 Å². The minimum absolute atomic E-state index is 0.0448. The number of fused-ring (bicyclic) bond motifs is 1. The number of nitro groups is 1. The number of benzene rings is 2. The second kappa shape index (κ2) is 7.94. The monoisotopic (exact) mass is 444 g/mol. The largest absolute Gasteiger partial charge is 0.484 e. The van der Waals surface area contributed by atoms with E-state index in [0.717, 1.165) is 18.2 Å². The fourth-order valence-corrected chi connectivity index (χ4v) is 4.71. The molecule has 30 heavy (non-hydrogen) atoms. The van der Waals surface area contributed by atoms with Crippen LogP contribution in [0.2, 0.25) is 0 Å². The highest BCUT2D eigenvalue weighted by molar-refractivity contribution is 7.91. The highest BCUT2D eigenvalue weighted by Crippen LogP contribution is 2.33. The first-order chi connectivity index (χ1) is 14.0. The lowest BCUT2D eigenvalue weighted by Crippen LogP contribution is -2.34. The Morgan fingerprint density at radius 2 is 1.93 bits per heavy atom. The lowest BCUT2D eigenvalue weighted by molar-refractivity contribution is -0.385. The molecule has 0 saturated carbocycles. The van der Waals surface area contributed by atoms with Crippen molar-refractivity contribution in [3.05, 3.63) is 63.7 Å². The van der Waals surface area contributed by atoms with Crippen LogP contribution >= 0.6 is 0 Å². The van der Waals surface area contributed by atoms with Gasteiger partial charge in [-0.3, -0.25) is 14.9 Å². The lowest BCUT2D eigenvalue weighted by atomic mass is 10.0. The number of alkyl halides is 3. The van der Waals surface area contributed by atoms with E-state index in [4.69, 9.17) is 0 Å². The number of sulfone groups is 1. The van der Waals surface area contributed by atoms with Crippen LogP contribution in [-0.4, -0.2) is 37.8 Å². The van der Waals surface area contributed by atoms with Crippen molar-refractivity contribution in [1.82, 2.24) is 5.32 Å². The van der Waals surface area contributed by atoms with Crippen LogP contribution in [0.3, 0.4) is 0 Å². The van der Waals surface area contributed by atoms with Crippen LogP contribution in [0.25, 0.3) is 0 Å². The van der Waals surface area contributed by atoms with Gasteiger partial charge >= 0.3 is 6.18 Å². The van der Waals surface area contributed by atoms with Crippen LogP contribution < -0.4 is 10.1 Å². The summed E-state index contributed by atoms with van der Waals surface area (Å²) in [5.41, 5.74) is -0.779. The molecule has 1 aliphatic heterocycles. The molecule has 0 bridgehead atoms. The molecular weight excluding hydrogens is 429 g/mol. The molecular formula is C18H15F3N2O6S. The zero-order chi connectivity index (χ0) is 22.1. The van der Waals surface area contributed by atoms with Gasteiger partial charge in [0, 0.05) is 6.07 Å². The third-order valence-corrected chi connectivity index (χ3v) is 6.24. The molecule has 0 saturated heterocycles. The molecule has 1 heterocycles. The molecule has 0 radical (unpaired) electrons. The van der Waals surface area contributed by atoms with Crippen LogP contribution in [0.15, 0.2) is 47.4 Å². The van der Waals surface area contributed by atoms with E-state index in [0.29, 0.717) is 5.56 Å². The summed E-state index contributed by atoms with van der Waals surface area (Å²) >= 11 is 0. The molecule has 1 aliphatic rings. The topological polar surface area (TPSA) is 116 Å². The number of carbonyl (C=O) groups is 1. The molecule has 3 rings (SSSR count). The second-order valence-electron chi connectivity index (χ2n) is 6.51. The number of rotatable bonds is 5. The SMILES string of the molecule is O=C(NC1CCS(=O)(=O)c2ccccc21)c1cc(OCC(F)(F)F)ccc1[N+](=O)[O-]. The van der Waals surface area contributed by atoms with Crippen molar-refractivity contribution in [2.75, 3.05) is 12.4 Å². The Labute approximate surface area is 168 Å². The maximum absolute atomic E-state index is 12.7. The molecule has 8 nitrogen and oxygen atoms in total. The van der Waals surface area contributed by atoms with Crippen molar-refractivity contribution in [2.24, 2.45) is 0 Å². The Hall–Kier alpha value is -3.15. The second-order valence-corrected chi connectivity index (χ2v) is 8.59. The predicted molar refractivity (Wildman–Crippen MR) is 98.0 cm³/mol. The van der Waals surface area contributed by atoms with E-state index in [2.05, 4.69) is 10.1 Å². The van der Waals surface area contributed by atoms with Crippen LogP contribution in [0, 0.1) is 10.1 Å². The lowest BCUT2D eigenvalue weighted by Gasteiger charge is -2.26. The summed E-state index contributed by atoms with van der Waals surface area (Å²) in [7, 11) is -3.51. The summed E-state index contributed by atoms with van der Waals surface area (Å²) in [6.07, 6.45) is -4.58. The minimum atomic E-state index is -4.62. The van der Waals surface area contributed by atoms with Gasteiger partial charge in [-0.25, -0.2) is 8.42 Å². The third kappa shape index (κ3) is 4.70. The van der Waals surface area contributed by atoms with Crippen molar-refractivity contribution in [3.63, 3.8) is 0 Å². The van der Waals surface area contributed by atoms with Gasteiger partial charge in [-0.05, 0) is 30.2 Å². The Balaban J connectivity index is 1.90. The zero-order valence-corrected chi connectivity index (χ0v) is 16.0. The normalized spacial score (nSPS) is 17.6. The van der Waals surface area contributed by atoms with E-state index in [1.807, 2.05) is 0 Å². The van der Waals surface area contributed by atoms with Crippen LogP contribution in [-0.2, 0) is 9.84 Å². The Kier molecular flexibility index (Phi) is 5.70. The molecule has 1 unspecified atom stereocenters. The molecule has 12 heteroatoms. The van der Waals surface area contributed by atoms with Gasteiger partial charge in [-0.1, -0.05) is 18.2 Å². The Bertz CT molecular complexity index is 1100. The highest BCUT2D eigenvalue weighted by Gasteiger charge is 2.33. The van der Waals surface area contributed by atoms with Gasteiger partial charge in [0.05, 0.1) is 21.6 Å². The van der Waals surface area contributed by atoms with Gasteiger partial charge in [0.15, 0.2) is 16.4 Å². The maximum atomic E-state index is 12.7. The number of halogens is 3. The van der Waals surface area contributed by atoms with E-state index in [9.17, 15) is 36.5 Å². The predicted octanol–water partition coefficient (Wildman–Crippen LogP) is 3.18. The quantitative estimate of drug-likeness (QED) is 0.559. The average Bonchev–Trinajstić information content (AvgIpc) is 2.68. The highest BCUT2D eigenvalue weighted by atomic mass is 32.2. The fraction of sp³-hybridized carbons (Fsp3) is 0.278. The Morgan fingerprint density at radius 1 is 1.23 bits per heavy atom. The van der Waals surface area contributed by atoms with Gasteiger partial charge < -0.3 is 10.1 Å². The molecule has 1 amide bonds. The average molecular weight is 444 g/mol. The molecule has 2 aromatic carbocycles. The summed E-state index contributed by atoms with van der Waals surface area (Å²) in [4.78, 5) is 23.2. The number of amides is 1. The number of ether oxygens (including phenoxy) is 1. The third-order valence-electron chi connectivity index (χ3n) is 4.42. The van der Waals surface area contributed by atoms with E-state index in [-0.39, 0.29) is 22.8 Å². The first-order valence-corrected chi connectivity index (χ1v) is 10.2. The minimum Gasteiger partial charge on any atom is -0.484 e. The van der Waals surface area contributed by atoms with Crippen LogP contribution in [0.5, 0.6) is 5.75 Å². The maximum Gasteiger partial charge on any atom is 0.422 e. The van der Waals surface area contributed by atoms with Crippen molar-refractivity contribution >= 4 is 21.4 Å². The van der Waals surface area contributed by atoms with Crippen molar-refractivity contribution in [3.8, 4) is 5.75 Å². The van der Waals surface area contributed by atoms with Gasteiger partial charge in [0.25, 0.3) is 11.6 Å². The number of carbonyl (C=O) groups excluding carboxylic acids is 1. The molecule has 1 atom stereocenters. The van der Waals surface area contributed by atoms with Crippen molar-refractivity contribution in [1.29, 1.82) is 0 Å². The number of nitrogens with zero attached hydrogens (tertiary/aromatic N) is 1. The number of nitro benzene ring substituents is 1. The van der Waals surface area contributed by atoms with Gasteiger partial charge in [-0.15, -0.1) is 0 Å². The smallest absolute Gasteiger partial charge is 0.422 e. The number of hydrogen-bond donors (Lipinski definition) is 1. The number of hydrogen-bond acceptors (Lipinski definition) is 6. The van der Waals surface area contributed by atoms with Gasteiger partial charge in [0.2, 0.25) is 0 Å². The fourth-order valence-electron chi connectivity index (χ4n) is 3.09. The molecule has 1 N–H and O–H groups in total. The molecule has 0 aliphatic carbocycles. The summed E-state index contributed by atoms with van der Waals surface area (Å²) in [6, 6.07) is 8.00. The zero-order valence-electron chi connectivity index (χ0n) is 15.2. The van der Waals surface area contributed by atoms with E-state index in [1.165, 1.54) is 18.2 Å².